The Kier molecular flexibility index (Phi) is 8.68. The van der Waals surface area contributed by atoms with Crippen LogP contribution in [0.4, 0.5) is 0 Å². The highest BCUT2D eigenvalue weighted by Crippen LogP contribution is 2.16. The Hall–Kier alpha value is -2.21. The lowest BCUT2D eigenvalue weighted by atomic mass is 10.1. The van der Waals surface area contributed by atoms with E-state index < -0.39 is 0 Å². The van der Waals surface area contributed by atoms with Crippen molar-refractivity contribution < 1.29 is 14.3 Å². The van der Waals surface area contributed by atoms with Crippen LogP contribution >= 0.6 is 0 Å². The summed E-state index contributed by atoms with van der Waals surface area (Å²) in [4.78, 5) is 14.2. The minimum absolute atomic E-state index is 0.131. The van der Waals surface area contributed by atoms with Crippen molar-refractivity contribution in [2.45, 2.75) is 45.1 Å². The molecule has 0 spiro atoms. The second-order valence-electron chi connectivity index (χ2n) is 7.54. The summed E-state index contributed by atoms with van der Waals surface area (Å²) >= 11 is 0. The van der Waals surface area contributed by atoms with Gasteiger partial charge in [0, 0.05) is 32.2 Å². The zero-order valence-electron chi connectivity index (χ0n) is 17.3. The maximum atomic E-state index is 11.8. The number of carbonyl (C=O) groups is 1. The summed E-state index contributed by atoms with van der Waals surface area (Å²) in [7, 11) is 0. The molecule has 29 heavy (non-hydrogen) atoms. The van der Waals surface area contributed by atoms with E-state index in [1.54, 1.807) is 0 Å². The van der Waals surface area contributed by atoms with E-state index in [4.69, 9.17) is 9.47 Å². The van der Waals surface area contributed by atoms with E-state index in [0.717, 1.165) is 26.1 Å². The van der Waals surface area contributed by atoms with Gasteiger partial charge in [-0.05, 0) is 24.5 Å². The lowest BCUT2D eigenvalue weighted by Gasteiger charge is -2.25. The van der Waals surface area contributed by atoms with Crippen molar-refractivity contribution in [3.05, 3.63) is 71.8 Å². The lowest BCUT2D eigenvalue weighted by Crippen LogP contribution is -2.38. The van der Waals surface area contributed by atoms with Gasteiger partial charge in [0.1, 0.15) is 0 Å². The number of carbonyl (C=O) groups excluding carboxylic acids is 1. The molecule has 0 aromatic heterocycles. The number of hydrogen-bond donors (Lipinski definition) is 1. The van der Waals surface area contributed by atoms with Crippen LogP contribution in [0, 0.1) is 0 Å². The van der Waals surface area contributed by atoms with E-state index in [1.807, 2.05) is 31.2 Å². The standard InChI is InChI=1S/C24H32N2O3/c1-2-28-24(27)13-14-26(17-20-9-5-3-6-10-20)18-22-15-23(16-25-22)29-19-21-11-7-4-8-12-21/h3-12,22-23,25H,2,13-19H2,1H3. The Labute approximate surface area is 174 Å². The lowest BCUT2D eigenvalue weighted by molar-refractivity contribution is -0.143. The number of rotatable bonds is 11. The molecule has 1 aliphatic heterocycles. The second-order valence-corrected chi connectivity index (χ2v) is 7.54. The monoisotopic (exact) mass is 396 g/mol. The molecule has 2 atom stereocenters. The van der Waals surface area contributed by atoms with E-state index in [2.05, 4.69) is 46.6 Å². The van der Waals surface area contributed by atoms with Crippen molar-refractivity contribution >= 4 is 5.97 Å². The van der Waals surface area contributed by atoms with Crippen LogP contribution in [0.1, 0.15) is 30.9 Å². The van der Waals surface area contributed by atoms with Gasteiger partial charge in [-0.25, -0.2) is 0 Å². The number of benzene rings is 2. The normalized spacial score (nSPS) is 18.8. The average Bonchev–Trinajstić information content (AvgIpc) is 3.19. The quantitative estimate of drug-likeness (QED) is 0.590. The van der Waals surface area contributed by atoms with E-state index in [-0.39, 0.29) is 12.1 Å². The Morgan fingerprint density at radius 1 is 1.07 bits per heavy atom. The maximum absolute atomic E-state index is 11.8. The topological polar surface area (TPSA) is 50.8 Å². The molecule has 3 rings (SSSR count). The zero-order valence-corrected chi connectivity index (χ0v) is 17.3. The van der Waals surface area contributed by atoms with Crippen LogP contribution in [0.3, 0.4) is 0 Å². The van der Waals surface area contributed by atoms with Crippen molar-refractivity contribution in [1.29, 1.82) is 0 Å². The third-order valence-corrected chi connectivity index (χ3v) is 5.18. The van der Waals surface area contributed by atoms with Crippen LogP contribution in [0.2, 0.25) is 0 Å². The molecular formula is C24H32N2O3. The van der Waals surface area contributed by atoms with Gasteiger partial charge in [-0.2, -0.15) is 0 Å². The summed E-state index contributed by atoms with van der Waals surface area (Å²) in [6, 6.07) is 21.1. The van der Waals surface area contributed by atoms with Crippen LogP contribution in [-0.4, -0.2) is 49.3 Å². The first kappa shape index (κ1) is 21.5. The number of ether oxygens (including phenoxy) is 2. The molecule has 2 unspecified atom stereocenters. The van der Waals surface area contributed by atoms with E-state index >= 15 is 0 Å². The third-order valence-electron chi connectivity index (χ3n) is 5.18. The molecule has 1 fully saturated rings. The predicted molar refractivity (Wildman–Crippen MR) is 114 cm³/mol. The summed E-state index contributed by atoms with van der Waals surface area (Å²) < 4.78 is 11.2. The highest BCUT2D eigenvalue weighted by Gasteiger charge is 2.26. The molecule has 156 valence electrons. The molecule has 5 nitrogen and oxygen atoms in total. The van der Waals surface area contributed by atoms with Gasteiger partial charge < -0.3 is 14.8 Å². The largest absolute Gasteiger partial charge is 0.466 e. The van der Waals surface area contributed by atoms with E-state index in [0.29, 0.717) is 32.2 Å². The molecule has 0 saturated carbocycles. The van der Waals surface area contributed by atoms with Gasteiger partial charge in [-0.1, -0.05) is 60.7 Å². The first-order chi connectivity index (χ1) is 14.2. The van der Waals surface area contributed by atoms with Gasteiger partial charge in [0.25, 0.3) is 0 Å². The number of nitrogens with zero attached hydrogens (tertiary/aromatic N) is 1. The van der Waals surface area contributed by atoms with Crippen molar-refractivity contribution in [2.24, 2.45) is 0 Å². The van der Waals surface area contributed by atoms with Crippen molar-refractivity contribution in [3.63, 3.8) is 0 Å². The highest BCUT2D eigenvalue weighted by molar-refractivity contribution is 5.69. The molecule has 1 N–H and O–H groups in total. The Bertz CT molecular complexity index is 723. The van der Waals surface area contributed by atoms with Gasteiger partial charge in [-0.3, -0.25) is 9.69 Å². The summed E-state index contributed by atoms with van der Waals surface area (Å²) in [5, 5.41) is 3.59. The van der Waals surface area contributed by atoms with Gasteiger partial charge in [-0.15, -0.1) is 0 Å². The molecule has 0 bridgehead atoms. The molecule has 2 aromatic carbocycles. The molecular weight excluding hydrogens is 364 g/mol. The van der Waals surface area contributed by atoms with Gasteiger partial charge >= 0.3 is 5.97 Å². The van der Waals surface area contributed by atoms with E-state index in [1.165, 1.54) is 11.1 Å². The Balaban J connectivity index is 1.49. The number of esters is 1. The SMILES string of the molecule is CCOC(=O)CCN(Cc1ccccc1)CC1CC(OCc2ccccc2)CN1. The van der Waals surface area contributed by atoms with Crippen molar-refractivity contribution in [3.8, 4) is 0 Å². The van der Waals surface area contributed by atoms with Crippen LogP contribution in [0.25, 0.3) is 0 Å². The van der Waals surface area contributed by atoms with E-state index in [9.17, 15) is 4.79 Å². The van der Waals surface area contributed by atoms with Crippen LogP contribution in [0.5, 0.6) is 0 Å². The summed E-state index contributed by atoms with van der Waals surface area (Å²) in [6.07, 6.45) is 1.63. The number of nitrogens with one attached hydrogen (secondary N) is 1. The van der Waals surface area contributed by atoms with Crippen LogP contribution < -0.4 is 5.32 Å². The Morgan fingerprint density at radius 2 is 1.76 bits per heavy atom. The molecule has 5 heteroatoms. The molecule has 0 aliphatic carbocycles. The van der Waals surface area contributed by atoms with Gasteiger partial charge in [0.05, 0.1) is 25.7 Å². The number of hydrogen-bond acceptors (Lipinski definition) is 5. The molecule has 2 aromatic rings. The van der Waals surface area contributed by atoms with Gasteiger partial charge in [0.2, 0.25) is 0 Å². The predicted octanol–water partition coefficient (Wildman–Crippen LogP) is 3.39. The maximum Gasteiger partial charge on any atom is 0.307 e. The first-order valence-corrected chi connectivity index (χ1v) is 10.5. The van der Waals surface area contributed by atoms with Crippen molar-refractivity contribution in [1.82, 2.24) is 10.2 Å². The first-order valence-electron chi connectivity index (χ1n) is 10.5. The second kappa shape index (κ2) is 11.7. The van der Waals surface area contributed by atoms with Crippen molar-refractivity contribution in [2.75, 3.05) is 26.2 Å². The van der Waals surface area contributed by atoms with Crippen LogP contribution in [0.15, 0.2) is 60.7 Å². The fourth-order valence-electron chi connectivity index (χ4n) is 3.71. The smallest absolute Gasteiger partial charge is 0.307 e. The minimum atomic E-state index is -0.131. The molecule has 1 aliphatic rings. The fourth-order valence-corrected chi connectivity index (χ4v) is 3.71. The van der Waals surface area contributed by atoms with Gasteiger partial charge in [0.15, 0.2) is 0 Å². The zero-order chi connectivity index (χ0) is 20.3. The molecule has 1 saturated heterocycles. The summed E-state index contributed by atoms with van der Waals surface area (Å²) in [5.74, 6) is -0.131. The highest BCUT2D eigenvalue weighted by atomic mass is 16.5. The fraction of sp³-hybridized carbons (Fsp3) is 0.458. The molecule has 1 heterocycles. The summed E-state index contributed by atoms with van der Waals surface area (Å²) in [6.45, 7) is 6.21. The average molecular weight is 397 g/mol. The molecule has 0 radical (unpaired) electrons. The summed E-state index contributed by atoms with van der Waals surface area (Å²) in [5.41, 5.74) is 2.46. The molecule has 0 amide bonds. The van der Waals surface area contributed by atoms with Crippen LogP contribution in [-0.2, 0) is 27.4 Å². The Morgan fingerprint density at radius 3 is 2.45 bits per heavy atom. The minimum Gasteiger partial charge on any atom is -0.466 e. The third kappa shape index (κ3) is 7.61.